The summed E-state index contributed by atoms with van der Waals surface area (Å²) in [7, 11) is 1.25. The topological polar surface area (TPSA) is 79.0 Å². The van der Waals surface area contributed by atoms with Crippen molar-refractivity contribution in [3.8, 4) is 5.75 Å². The molecule has 8 heteroatoms. The van der Waals surface area contributed by atoms with Gasteiger partial charge in [0.05, 0.1) is 18.7 Å². The molecule has 1 aliphatic rings. The standard InChI is InChI=1S/C14H21N3O4S/c1-16(2)22(19,20)15-8-6-11-4-5-13-12(10-11)17(3)14(18)7-9-21-13/h4-5,10,15H,6-9H2,1-3H3. The second-order valence-corrected chi connectivity index (χ2v) is 7.25. The summed E-state index contributed by atoms with van der Waals surface area (Å²) in [5.41, 5.74) is 1.65. The van der Waals surface area contributed by atoms with Crippen molar-refractivity contribution in [2.75, 3.05) is 39.2 Å². The number of carbonyl (C=O) groups excluding carboxylic acids is 1. The molecule has 1 aromatic carbocycles. The van der Waals surface area contributed by atoms with E-state index >= 15 is 0 Å². The van der Waals surface area contributed by atoms with Crippen LogP contribution in [0.5, 0.6) is 5.75 Å². The maximum atomic E-state index is 11.9. The SMILES string of the molecule is CN1C(=O)CCOc2ccc(CCNS(=O)(=O)N(C)C)cc21. The predicted molar refractivity (Wildman–Crippen MR) is 84.3 cm³/mol. The number of rotatable bonds is 5. The van der Waals surface area contributed by atoms with Crippen LogP contribution >= 0.6 is 0 Å². The van der Waals surface area contributed by atoms with Crippen LogP contribution < -0.4 is 14.4 Å². The average Bonchev–Trinajstić information content (AvgIpc) is 2.59. The lowest BCUT2D eigenvalue weighted by Crippen LogP contribution is -2.36. The van der Waals surface area contributed by atoms with Crippen molar-refractivity contribution in [1.29, 1.82) is 0 Å². The maximum Gasteiger partial charge on any atom is 0.278 e. The van der Waals surface area contributed by atoms with Gasteiger partial charge in [-0.1, -0.05) is 6.07 Å². The Hall–Kier alpha value is -1.64. The summed E-state index contributed by atoms with van der Waals surface area (Å²) in [6, 6.07) is 5.56. The minimum Gasteiger partial charge on any atom is -0.491 e. The van der Waals surface area contributed by atoms with E-state index in [-0.39, 0.29) is 12.5 Å². The second-order valence-electron chi connectivity index (χ2n) is 5.29. The van der Waals surface area contributed by atoms with Crippen molar-refractivity contribution in [2.45, 2.75) is 12.8 Å². The molecule has 0 saturated carbocycles. The third kappa shape index (κ3) is 3.76. The molecule has 0 radical (unpaired) electrons. The van der Waals surface area contributed by atoms with Gasteiger partial charge in [0.1, 0.15) is 5.75 Å². The summed E-state index contributed by atoms with van der Waals surface area (Å²) in [5.74, 6) is 0.676. The summed E-state index contributed by atoms with van der Waals surface area (Å²) >= 11 is 0. The Bertz CT molecular complexity index is 658. The Balaban J connectivity index is 2.08. The fourth-order valence-electron chi connectivity index (χ4n) is 2.11. The third-order valence-corrected chi connectivity index (χ3v) is 5.04. The van der Waals surface area contributed by atoms with Crippen molar-refractivity contribution in [3.05, 3.63) is 23.8 Å². The normalized spacial score (nSPS) is 15.5. The Morgan fingerprint density at radius 2 is 2.09 bits per heavy atom. The van der Waals surface area contributed by atoms with Gasteiger partial charge < -0.3 is 9.64 Å². The van der Waals surface area contributed by atoms with Gasteiger partial charge in [-0.05, 0) is 24.1 Å². The van der Waals surface area contributed by atoms with Gasteiger partial charge in [-0.2, -0.15) is 12.7 Å². The first-order chi connectivity index (χ1) is 10.3. The van der Waals surface area contributed by atoms with E-state index in [0.29, 0.717) is 25.2 Å². The van der Waals surface area contributed by atoms with E-state index < -0.39 is 10.2 Å². The summed E-state index contributed by atoms with van der Waals surface area (Å²) in [5, 5.41) is 0. The van der Waals surface area contributed by atoms with Crippen LogP contribution in [-0.4, -0.2) is 52.9 Å². The van der Waals surface area contributed by atoms with Crippen LogP contribution in [0.1, 0.15) is 12.0 Å². The number of amides is 1. The molecule has 7 nitrogen and oxygen atoms in total. The van der Waals surface area contributed by atoms with Gasteiger partial charge in [0, 0.05) is 27.7 Å². The van der Waals surface area contributed by atoms with Gasteiger partial charge >= 0.3 is 0 Å². The van der Waals surface area contributed by atoms with Crippen molar-refractivity contribution in [1.82, 2.24) is 9.03 Å². The summed E-state index contributed by atoms with van der Waals surface area (Å²) in [6.45, 7) is 0.663. The summed E-state index contributed by atoms with van der Waals surface area (Å²) in [4.78, 5) is 13.4. The Morgan fingerprint density at radius 1 is 1.36 bits per heavy atom. The molecular formula is C14H21N3O4S. The molecule has 0 bridgehead atoms. The average molecular weight is 327 g/mol. The number of hydrogen-bond acceptors (Lipinski definition) is 4. The van der Waals surface area contributed by atoms with E-state index in [4.69, 9.17) is 4.74 Å². The highest BCUT2D eigenvalue weighted by Gasteiger charge is 2.20. The molecule has 1 N–H and O–H groups in total. The Morgan fingerprint density at radius 3 is 2.77 bits per heavy atom. The predicted octanol–water partition coefficient (Wildman–Crippen LogP) is 0.370. The summed E-state index contributed by atoms with van der Waals surface area (Å²) < 4.78 is 32.5. The number of nitrogens with one attached hydrogen (secondary N) is 1. The smallest absolute Gasteiger partial charge is 0.278 e. The minimum atomic E-state index is -3.42. The van der Waals surface area contributed by atoms with E-state index in [0.717, 1.165) is 15.6 Å². The van der Waals surface area contributed by atoms with Crippen molar-refractivity contribution in [3.63, 3.8) is 0 Å². The molecule has 0 aromatic heterocycles. The van der Waals surface area contributed by atoms with Crippen LogP contribution in [0.2, 0.25) is 0 Å². The zero-order valence-corrected chi connectivity index (χ0v) is 13.8. The van der Waals surface area contributed by atoms with Crippen LogP contribution in [0.25, 0.3) is 0 Å². The monoisotopic (exact) mass is 327 g/mol. The van der Waals surface area contributed by atoms with Gasteiger partial charge in [-0.3, -0.25) is 4.79 Å². The van der Waals surface area contributed by atoms with Crippen molar-refractivity contribution in [2.24, 2.45) is 0 Å². The van der Waals surface area contributed by atoms with E-state index in [9.17, 15) is 13.2 Å². The fraction of sp³-hybridized carbons (Fsp3) is 0.500. The maximum absolute atomic E-state index is 11.9. The lowest BCUT2D eigenvalue weighted by molar-refractivity contribution is -0.118. The van der Waals surface area contributed by atoms with E-state index in [1.54, 1.807) is 11.9 Å². The molecule has 0 aliphatic carbocycles. The first kappa shape index (κ1) is 16.7. The number of anilines is 1. The van der Waals surface area contributed by atoms with Crippen LogP contribution in [-0.2, 0) is 21.4 Å². The number of fused-ring (bicyclic) bond motifs is 1. The fourth-order valence-corrected chi connectivity index (χ4v) is 2.72. The van der Waals surface area contributed by atoms with Gasteiger partial charge in [-0.15, -0.1) is 0 Å². The van der Waals surface area contributed by atoms with Gasteiger partial charge in [0.2, 0.25) is 5.91 Å². The quantitative estimate of drug-likeness (QED) is 0.847. The van der Waals surface area contributed by atoms with Crippen LogP contribution in [0, 0.1) is 0 Å². The number of benzene rings is 1. The van der Waals surface area contributed by atoms with E-state index in [1.165, 1.54) is 14.1 Å². The lowest BCUT2D eigenvalue weighted by Gasteiger charge is -2.17. The van der Waals surface area contributed by atoms with Gasteiger partial charge in [0.15, 0.2) is 0 Å². The largest absolute Gasteiger partial charge is 0.491 e. The molecule has 122 valence electrons. The lowest BCUT2D eigenvalue weighted by atomic mass is 10.1. The van der Waals surface area contributed by atoms with Crippen LogP contribution in [0.4, 0.5) is 5.69 Å². The number of carbonyl (C=O) groups is 1. The molecule has 0 fully saturated rings. The molecule has 0 saturated heterocycles. The molecule has 1 aliphatic heterocycles. The van der Waals surface area contributed by atoms with Crippen molar-refractivity contribution < 1.29 is 17.9 Å². The number of nitrogens with zero attached hydrogens (tertiary/aromatic N) is 2. The molecular weight excluding hydrogens is 306 g/mol. The van der Waals surface area contributed by atoms with Crippen LogP contribution in [0.3, 0.4) is 0 Å². The summed E-state index contributed by atoms with van der Waals surface area (Å²) in [6.07, 6.45) is 0.880. The highest BCUT2D eigenvalue weighted by molar-refractivity contribution is 7.87. The van der Waals surface area contributed by atoms with Crippen molar-refractivity contribution >= 4 is 21.8 Å². The van der Waals surface area contributed by atoms with E-state index in [2.05, 4.69) is 4.72 Å². The number of hydrogen-bond donors (Lipinski definition) is 1. The van der Waals surface area contributed by atoms with E-state index in [1.807, 2.05) is 18.2 Å². The van der Waals surface area contributed by atoms with Gasteiger partial charge in [0.25, 0.3) is 10.2 Å². The molecule has 1 amide bonds. The zero-order valence-electron chi connectivity index (χ0n) is 13.0. The molecule has 0 spiro atoms. The van der Waals surface area contributed by atoms with Gasteiger partial charge in [-0.25, -0.2) is 4.72 Å². The Kier molecular flexibility index (Phi) is 5.05. The first-order valence-electron chi connectivity index (χ1n) is 7.00. The highest BCUT2D eigenvalue weighted by Crippen LogP contribution is 2.31. The zero-order chi connectivity index (χ0) is 16.3. The second kappa shape index (κ2) is 6.64. The first-order valence-corrected chi connectivity index (χ1v) is 8.44. The molecule has 0 unspecified atom stereocenters. The molecule has 2 rings (SSSR count). The van der Waals surface area contributed by atoms with Crippen LogP contribution in [0.15, 0.2) is 18.2 Å². The molecule has 1 heterocycles. The highest BCUT2D eigenvalue weighted by atomic mass is 32.2. The molecule has 0 atom stereocenters. The molecule has 22 heavy (non-hydrogen) atoms. The third-order valence-electron chi connectivity index (χ3n) is 3.51. The Labute approximate surface area is 131 Å². The number of ether oxygens (including phenoxy) is 1. The molecule has 1 aromatic rings. The minimum absolute atomic E-state index is 0.00390.